The molecule has 3 saturated carbocycles. The molecule has 6 nitrogen and oxygen atoms in total. The van der Waals surface area contributed by atoms with Gasteiger partial charge in [-0.15, -0.1) is 13.2 Å². The van der Waals surface area contributed by atoms with Crippen LogP contribution < -0.4 is 5.32 Å². The third kappa shape index (κ3) is 2.91. The zero-order valence-corrected chi connectivity index (χ0v) is 14.6. The molecule has 0 unspecified atom stereocenters. The van der Waals surface area contributed by atoms with E-state index < -0.39 is 24.6 Å². The lowest BCUT2D eigenvalue weighted by Crippen LogP contribution is -2.64. The second-order valence-corrected chi connectivity index (χ2v) is 7.75. The van der Waals surface area contributed by atoms with Crippen LogP contribution in [0.15, 0.2) is 12.4 Å². The number of likely N-dealkylation sites (tertiary alicyclic amines) is 1. The van der Waals surface area contributed by atoms with E-state index in [1.54, 1.807) is 13.8 Å². The lowest BCUT2D eigenvalue weighted by molar-refractivity contribution is -0.359. The van der Waals surface area contributed by atoms with Gasteiger partial charge in [0.2, 0.25) is 5.91 Å². The first kappa shape index (κ1) is 17.5. The number of hydrogen-bond acceptors (Lipinski definition) is 5. The first-order valence-electron chi connectivity index (χ1n) is 8.81. The molecular weight excluding hydrogens is 349 g/mol. The Morgan fingerprint density at radius 1 is 1.38 bits per heavy atom. The predicted molar refractivity (Wildman–Crippen MR) is 86.2 cm³/mol. The van der Waals surface area contributed by atoms with Crippen molar-refractivity contribution in [1.82, 2.24) is 14.9 Å². The van der Waals surface area contributed by atoms with E-state index in [0.29, 0.717) is 5.82 Å². The molecule has 1 saturated heterocycles. The number of carbonyl (C=O) groups excluding carboxylic acids is 1. The minimum absolute atomic E-state index is 0.0644. The maximum Gasteiger partial charge on any atom is 0.522 e. The van der Waals surface area contributed by atoms with E-state index in [0.717, 1.165) is 11.6 Å². The van der Waals surface area contributed by atoms with Crippen molar-refractivity contribution >= 4 is 11.7 Å². The Morgan fingerprint density at radius 2 is 2.08 bits per heavy atom. The highest BCUT2D eigenvalue weighted by Crippen LogP contribution is 2.64. The van der Waals surface area contributed by atoms with Gasteiger partial charge in [0, 0.05) is 18.0 Å². The Bertz CT molecular complexity index is 709. The van der Waals surface area contributed by atoms with Gasteiger partial charge in [0.05, 0.1) is 11.7 Å². The van der Waals surface area contributed by atoms with Gasteiger partial charge < -0.3 is 10.2 Å². The van der Waals surface area contributed by atoms with Gasteiger partial charge in [-0.25, -0.2) is 9.97 Å². The first-order chi connectivity index (χ1) is 12.2. The molecule has 1 aromatic heterocycles. The number of hydrogen-bond donors (Lipinski definition) is 1. The van der Waals surface area contributed by atoms with Crippen molar-refractivity contribution in [3.05, 3.63) is 18.1 Å². The SMILES string of the molecule is C[C@@H](Nc1cc(C23CC(C2)C3)ncn1)C(=O)N1C[C@H](OC(F)(F)F)[C@@H]1C. The number of nitrogens with one attached hydrogen (secondary N) is 1. The molecular formula is C17H21F3N4O2. The Kier molecular flexibility index (Phi) is 3.91. The van der Waals surface area contributed by atoms with Crippen molar-refractivity contribution in [1.29, 1.82) is 0 Å². The number of amides is 1. The van der Waals surface area contributed by atoms with Gasteiger partial charge in [0.25, 0.3) is 0 Å². The molecule has 1 aromatic rings. The third-order valence-electron chi connectivity index (χ3n) is 5.96. The van der Waals surface area contributed by atoms with E-state index in [2.05, 4.69) is 20.0 Å². The van der Waals surface area contributed by atoms with E-state index in [1.165, 1.54) is 30.5 Å². The van der Waals surface area contributed by atoms with Gasteiger partial charge in [-0.1, -0.05) is 0 Å². The molecule has 142 valence electrons. The van der Waals surface area contributed by atoms with Crippen molar-refractivity contribution in [2.45, 2.75) is 63.1 Å². The summed E-state index contributed by atoms with van der Waals surface area (Å²) in [6.07, 6.45) is -0.691. The summed E-state index contributed by atoms with van der Waals surface area (Å²) in [4.78, 5) is 22.4. The number of alkyl halides is 3. The second kappa shape index (κ2) is 5.80. The average molecular weight is 370 g/mol. The van der Waals surface area contributed by atoms with Gasteiger partial charge in [-0.05, 0) is 39.0 Å². The molecule has 26 heavy (non-hydrogen) atoms. The van der Waals surface area contributed by atoms with Crippen LogP contribution in [0.3, 0.4) is 0 Å². The summed E-state index contributed by atoms with van der Waals surface area (Å²) in [5.41, 5.74) is 1.21. The van der Waals surface area contributed by atoms with Gasteiger partial charge in [-0.2, -0.15) is 0 Å². The van der Waals surface area contributed by atoms with E-state index >= 15 is 0 Å². The molecule has 1 N–H and O–H groups in total. The molecule has 2 heterocycles. The summed E-state index contributed by atoms with van der Waals surface area (Å²) in [6, 6.07) is 0.670. The Balaban J connectivity index is 1.34. The molecule has 4 fully saturated rings. The molecule has 1 amide bonds. The van der Waals surface area contributed by atoms with Gasteiger partial charge in [0.15, 0.2) is 0 Å². The molecule has 3 aliphatic carbocycles. The zero-order chi connectivity index (χ0) is 18.7. The summed E-state index contributed by atoms with van der Waals surface area (Å²) in [7, 11) is 0. The lowest BCUT2D eigenvalue weighted by atomic mass is 9.43. The molecule has 3 atom stereocenters. The molecule has 9 heteroatoms. The van der Waals surface area contributed by atoms with Crippen LogP contribution in [0.4, 0.5) is 19.0 Å². The molecule has 1 aliphatic heterocycles. The topological polar surface area (TPSA) is 67.4 Å². The van der Waals surface area contributed by atoms with E-state index in [1.807, 2.05) is 6.07 Å². The number of ether oxygens (including phenoxy) is 1. The molecule has 2 bridgehead atoms. The van der Waals surface area contributed by atoms with Crippen molar-refractivity contribution in [3.8, 4) is 0 Å². The predicted octanol–water partition coefficient (Wildman–Crippen LogP) is 2.46. The number of halogens is 3. The quantitative estimate of drug-likeness (QED) is 0.863. The summed E-state index contributed by atoms with van der Waals surface area (Å²) < 4.78 is 40.9. The fraction of sp³-hybridized carbons (Fsp3) is 0.706. The van der Waals surface area contributed by atoms with Crippen molar-refractivity contribution < 1.29 is 22.7 Å². The number of anilines is 1. The smallest absolute Gasteiger partial charge is 0.359 e. The van der Waals surface area contributed by atoms with Crippen molar-refractivity contribution in [2.24, 2.45) is 5.92 Å². The summed E-state index contributed by atoms with van der Waals surface area (Å²) in [5.74, 6) is 1.13. The number of nitrogens with zero attached hydrogens (tertiary/aromatic N) is 3. The van der Waals surface area contributed by atoms with Crippen molar-refractivity contribution in [3.63, 3.8) is 0 Å². The van der Waals surface area contributed by atoms with Crippen LogP contribution >= 0.6 is 0 Å². The maximum atomic E-state index is 12.5. The van der Waals surface area contributed by atoms with Gasteiger partial charge in [0.1, 0.15) is 24.3 Å². The largest absolute Gasteiger partial charge is 0.522 e. The van der Waals surface area contributed by atoms with Crippen LogP contribution in [-0.4, -0.2) is 51.9 Å². The van der Waals surface area contributed by atoms with Crippen LogP contribution in [-0.2, 0) is 14.9 Å². The third-order valence-corrected chi connectivity index (χ3v) is 5.96. The highest BCUT2D eigenvalue weighted by atomic mass is 19.4. The monoisotopic (exact) mass is 370 g/mol. The molecule has 4 aliphatic rings. The van der Waals surface area contributed by atoms with E-state index in [4.69, 9.17) is 0 Å². The number of rotatable bonds is 5. The highest BCUT2D eigenvalue weighted by molar-refractivity contribution is 5.85. The van der Waals surface area contributed by atoms with Crippen LogP contribution in [0.1, 0.15) is 38.8 Å². The Hall–Kier alpha value is -1.90. The normalized spacial score (nSPS) is 33.6. The molecule has 0 spiro atoms. The summed E-state index contributed by atoms with van der Waals surface area (Å²) in [5, 5.41) is 3.05. The Morgan fingerprint density at radius 3 is 2.62 bits per heavy atom. The molecule has 5 rings (SSSR count). The average Bonchev–Trinajstić information content (AvgIpc) is 2.46. The fourth-order valence-corrected chi connectivity index (χ4v) is 4.22. The minimum atomic E-state index is -4.68. The minimum Gasteiger partial charge on any atom is -0.359 e. The Labute approximate surface area is 149 Å². The highest BCUT2D eigenvalue weighted by Gasteiger charge is 2.58. The first-order valence-corrected chi connectivity index (χ1v) is 8.81. The van der Waals surface area contributed by atoms with Crippen LogP contribution in [0.25, 0.3) is 0 Å². The number of aromatic nitrogens is 2. The molecule has 0 radical (unpaired) electrons. The van der Waals surface area contributed by atoms with Crippen molar-refractivity contribution in [2.75, 3.05) is 11.9 Å². The standard InChI is InChI=1S/C17H21F3N4O2/c1-9(15(25)24-7-12(10(24)2)26-17(18,19)20)23-14-3-13(21-8-22-14)16-4-11(5-16)6-16/h3,8-12H,4-7H2,1-2H3,(H,21,22,23)/t9-,10+,11?,12+,16?/m1/s1. The van der Waals surface area contributed by atoms with Gasteiger partial charge in [-0.3, -0.25) is 9.53 Å². The fourth-order valence-electron chi connectivity index (χ4n) is 4.22. The van der Waals surface area contributed by atoms with Crippen LogP contribution in [0.5, 0.6) is 0 Å². The van der Waals surface area contributed by atoms with Crippen LogP contribution in [0, 0.1) is 5.92 Å². The second-order valence-electron chi connectivity index (χ2n) is 7.75. The number of carbonyl (C=O) groups is 1. The summed E-state index contributed by atoms with van der Waals surface area (Å²) >= 11 is 0. The summed E-state index contributed by atoms with van der Waals surface area (Å²) in [6.45, 7) is 3.16. The van der Waals surface area contributed by atoms with Crippen LogP contribution in [0.2, 0.25) is 0 Å². The van der Waals surface area contributed by atoms with E-state index in [9.17, 15) is 18.0 Å². The lowest BCUT2D eigenvalue weighted by Gasteiger charge is -2.61. The molecule has 0 aromatic carbocycles. The maximum absolute atomic E-state index is 12.5. The zero-order valence-electron chi connectivity index (χ0n) is 14.6. The van der Waals surface area contributed by atoms with E-state index in [-0.39, 0.29) is 17.9 Å². The van der Waals surface area contributed by atoms with Gasteiger partial charge >= 0.3 is 6.36 Å².